The van der Waals surface area contributed by atoms with E-state index < -0.39 is 11.7 Å². The van der Waals surface area contributed by atoms with Crippen molar-refractivity contribution in [2.45, 2.75) is 31.6 Å². The predicted octanol–water partition coefficient (Wildman–Crippen LogP) is 2.84. The maximum Gasteiger partial charge on any atom is 0.416 e. The summed E-state index contributed by atoms with van der Waals surface area (Å²) in [5.41, 5.74) is -0.562. The maximum atomic E-state index is 12.9. The van der Waals surface area contributed by atoms with Crippen LogP contribution in [0.25, 0.3) is 0 Å². The van der Waals surface area contributed by atoms with Crippen LogP contribution in [0.5, 0.6) is 0 Å². The van der Waals surface area contributed by atoms with Gasteiger partial charge in [0.05, 0.1) is 11.6 Å². The first-order valence-corrected chi connectivity index (χ1v) is 6.53. The van der Waals surface area contributed by atoms with E-state index in [1.807, 2.05) is 0 Å². The second-order valence-corrected chi connectivity index (χ2v) is 5.00. The fraction of sp³-hybridized carbons (Fsp3) is 0.500. The molecule has 7 heteroatoms. The third-order valence-corrected chi connectivity index (χ3v) is 3.46. The molecule has 1 saturated heterocycles. The number of hydrogen-bond donors (Lipinski definition) is 1. The van der Waals surface area contributed by atoms with Crippen molar-refractivity contribution in [3.8, 4) is 0 Å². The molecule has 1 aromatic rings. The van der Waals surface area contributed by atoms with E-state index in [0.717, 1.165) is 25.5 Å². The SMILES string of the molecule is CN(Cc1ccccc1C(F)(F)F)C(=O)[C@@H]1CCCN1.Cl. The summed E-state index contributed by atoms with van der Waals surface area (Å²) in [6, 6.07) is 5.09. The van der Waals surface area contributed by atoms with Gasteiger partial charge in [0, 0.05) is 13.6 Å². The molecule has 0 radical (unpaired) electrons. The molecule has 1 heterocycles. The molecule has 0 bridgehead atoms. The molecule has 0 unspecified atom stereocenters. The number of likely N-dealkylation sites (N-methyl/N-ethyl adjacent to an activating group) is 1. The first-order chi connectivity index (χ1) is 9.39. The number of rotatable bonds is 3. The smallest absolute Gasteiger partial charge is 0.340 e. The van der Waals surface area contributed by atoms with E-state index in [0.29, 0.717) is 0 Å². The van der Waals surface area contributed by atoms with E-state index in [1.165, 1.54) is 24.1 Å². The van der Waals surface area contributed by atoms with Gasteiger partial charge < -0.3 is 10.2 Å². The molecule has 3 nitrogen and oxygen atoms in total. The normalized spacial score (nSPS) is 18.2. The number of halogens is 4. The number of alkyl halides is 3. The van der Waals surface area contributed by atoms with Crippen molar-refractivity contribution < 1.29 is 18.0 Å². The summed E-state index contributed by atoms with van der Waals surface area (Å²) >= 11 is 0. The van der Waals surface area contributed by atoms with E-state index >= 15 is 0 Å². The quantitative estimate of drug-likeness (QED) is 0.928. The van der Waals surface area contributed by atoms with E-state index in [-0.39, 0.29) is 36.5 Å². The van der Waals surface area contributed by atoms with Gasteiger partial charge in [0.2, 0.25) is 5.91 Å². The molecule has 21 heavy (non-hydrogen) atoms. The minimum Gasteiger partial charge on any atom is -0.340 e. The fourth-order valence-electron chi connectivity index (χ4n) is 2.43. The Bertz CT molecular complexity index is 487. The Morgan fingerprint density at radius 2 is 2.05 bits per heavy atom. The van der Waals surface area contributed by atoms with Gasteiger partial charge in [-0.05, 0) is 31.0 Å². The van der Waals surface area contributed by atoms with Crippen LogP contribution in [0.2, 0.25) is 0 Å². The Kier molecular flexibility index (Phi) is 6.04. The molecule has 0 saturated carbocycles. The lowest BCUT2D eigenvalue weighted by Gasteiger charge is -2.23. The summed E-state index contributed by atoms with van der Waals surface area (Å²) in [6.45, 7) is 0.746. The zero-order chi connectivity index (χ0) is 14.8. The van der Waals surface area contributed by atoms with Gasteiger partial charge in [-0.25, -0.2) is 0 Å². The second-order valence-electron chi connectivity index (χ2n) is 5.00. The molecule has 1 amide bonds. The third kappa shape index (κ3) is 4.35. The highest BCUT2D eigenvalue weighted by Gasteiger charge is 2.34. The summed E-state index contributed by atoms with van der Waals surface area (Å²) < 4.78 is 38.7. The van der Waals surface area contributed by atoms with Crippen molar-refractivity contribution in [2.75, 3.05) is 13.6 Å². The van der Waals surface area contributed by atoms with Crippen LogP contribution in [-0.2, 0) is 17.5 Å². The standard InChI is InChI=1S/C14H17F3N2O.ClH/c1-19(13(20)12-7-4-8-18-12)9-10-5-2-3-6-11(10)14(15,16)17;/h2-3,5-6,12,18H,4,7-9H2,1H3;1H/t12-;/m0./s1. The van der Waals surface area contributed by atoms with Crippen molar-refractivity contribution in [3.63, 3.8) is 0 Å². The Hall–Kier alpha value is -1.27. The molecule has 1 aliphatic heterocycles. The Balaban J connectivity index is 0.00000220. The fourth-order valence-corrected chi connectivity index (χ4v) is 2.43. The monoisotopic (exact) mass is 322 g/mol. The highest BCUT2D eigenvalue weighted by atomic mass is 35.5. The minimum atomic E-state index is -4.40. The van der Waals surface area contributed by atoms with Gasteiger partial charge in [-0.2, -0.15) is 13.2 Å². The highest BCUT2D eigenvalue weighted by molar-refractivity contribution is 5.85. The van der Waals surface area contributed by atoms with Crippen molar-refractivity contribution in [2.24, 2.45) is 0 Å². The molecule has 0 spiro atoms. The zero-order valence-corrected chi connectivity index (χ0v) is 12.4. The van der Waals surface area contributed by atoms with Gasteiger partial charge in [-0.1, -0.05) is 18.2 Å². The minimum absolute atomic E-state index is 0. The van der Waals surface area contributed by atoms with Crippen LogP contribution < -0.4 is 5.32 Å². The van der Waals surface area contributed by atoms with Gasteiger partial charge in [-0.15, -0.1) is 12.4 Å². The van der Waals surface area contributed by atoms with Crippen molar-refractivity contribution >= 4 is 18.3 Å². The van der Waals surface area contributed by atoms with Crippen LogP contribution in [0.15, 0.2) is 24.3 Å². The van der Waals surface area contributed by atoms with Crippen molar-refractivity contribution in [1.82, 2.24) is 10.2 Å². The van der Waals surface area contributed by atoms with Crippen LogP contribution in [0.3, 0.4) is 0 Å². The summed E-state index contributed by atoms with van der Waals surface area (Å²) in [4.78, 5) is 13.4. The topological polar surface area (TPSA) is 32.3 Å². The molecule has 0 aromatic heterocycles. The van der Waals surface area contributed by atoms with Crippen molar-refractivity contribution in [3.05, 3.63) is 35.4 Å². The van der Waals surface area contributed by atoms with Crippen LogP contribution in [0.1, 0.15) is 24.0 Å². The number of amides is 1. The molecule has 0 aliphatic carbocycles. The Morgan fingerprint density at radius 1 is 1.38 bits per heavy atom. The molecular formula is C14H18ClF3N2O. The number of carbonyl (C=O) groups is 1. The number of benzene rings is 1. The average molecular weight is 323 g/mol. The Morgan fingerprint density at radius 3 is 2.62 bits per heavy atom. The number of nitrogens with zero attached hydrogens (tertiary/aromatic N) is 1. The largest absolute Gasteiger partial charge is 0.416 e. The maximum absolute atomic E-state index is 12.9. The van der Waals surface area contributed by atoms with Gasteiger partial charge in [0.25, 0.3) is 0 Å². The summed E-state index contributed by atoms with van der Waals surface area (Å²) in [7, 11) is 1.54. The molecule has 1 fully saturated rings. The first kappa shape index (κ1) is 17.8. The lowest BCUT2D eigenvalue weighted by Crippen LogP contribution is -2.41. The second kappa shape index (κ2) is 7.13. The predicted molar refractivity (Wildman–Crippen MR) is 76.2 cm³/mol. The summed E-state index contributed by atoms with van der Waals surface area (Å²) in [6.07, 6.45) is -2.74. The third-order valence-electron chi connectivity index (χ3n) is 3.46. The Labute approximate surface area is 127 Å². The van der Waals surface area contributed by atoms with Crippen LogP contribution in [0, 0.1) is 0 Å². The molecular weight excluding hydrogens is 305 g/mol. The van der Waals surface area contributed by atoms with E-state index in [9.17, 15) is 18.0 Å². The van der Waals surface area contributed by atoms with Crippen LogP contribution >= 0.6 is 12.4 Å². The molecule has 2 rings (SSSR count). The van der Waals surface area contributed by atoms with Gasteiger partial charge in [0.15, 0.2) is 0 Å². The number of nitrogens with one attached hydrogen (secondary N) is 1. The molecule has 1 aliphatic rings. The van der Waals surface area contributed by atoms with Gasteiger partial charge >= 0.3 is 6.18 Å². The molecule has 1 aromatic carbocycles. The zero-order valence-electron chi connectivity index (χ0n) is 11.6. The van der Waals surface area contributed by atoms with Crippen molar-refractivity contribution in [1.29, 1.82) is 0 Å². The summed E-state index contributed by atoms with van der Waals surface area (Å²) in [5.74, 6) is -0.153. The highest BCUT2D eigenvalue weighted by Crippen LogP contribution is 2.32. The number of hydrogen-bond acceptors (Lipinski definition) is 2. The summed E-state index contributed by atoms with van der Waals surface area (Å²) in [5, 5.41) is 3.05. The first-order valence-electron chi connectivity index (χ1n) is 6.53. The lowest BCUT2D eigenvalue weighted by atomic mass is 10.1. The molecule has 1 atom stereocenters. The van der Waals surface area contributed by atoms with E-state index in [4.69, 9.17) is 0 Å². The lowest BCUT2D eigenvalue weighted by molar-refractivity contribution is -0.139. The molecule has 1 N–H and O–H groups in total. The number of carbonyl (C=O) groups excluding carboxylic acids is 1. The van der Waals surface area contributed by atoms with Crippen LogP contribution in [0.4, 0.5) is 13.2 Å². The average Bonchev–Trinajstić information content (AvgIpc) is 2.91. The van der Waals surface area contributed by atoms with E-state index in [1.54, 1.807) is 6.07 Å². The van der Waals surface area contributed by atoms with Gasteiger partial charge in [-0.3, -0.25) is 4.79 Å². The molecule has 118 valence electrons. The van der Waals surface area contributed by atoms with Gasteiger partial charge in [0.1, 0.15) is 0 Å². The van der Waals surface area contributed by atoms with E-state index in [2.05, 4.69) is 5.32 Å². The van der Waals surface area contributed by atoms with Crippen LogP contribution in [-0.4, -0.2) is 30.4 Å².